The Kier molecular flexibility index (Phi) is 5.19. The lowest BCUT2D eigenvalue weighted by Crippen LogP contribution is -2.46. The standard InChI is InChI=1S/C22H31N5/c1-15(2)27-14-19-8-9-20(12-21(19)26-27)25-22(23-3)24-13-16-10-17-6-4-5-7-18(17)11-16/h4-7,14-16,20H,8-13H2,1-3H3,(H2,23,24,25). The van der Waals surface area contributed by atoms with Gasteiger partial charge >= 0.3 is 0 Å². The molecule has 1 heterocycles. The van der Waals surface area contributed by atoms with E-state index in [-0.39, 0.29) is 0 Å². The number of aliphatic imine (C=N–C) groups is 1. The van der Waals surface area contributed by atoms with Crippen molar-refractivity contribution < 1.29 is 0 Å². The highest BCUT2D eigenvalue weighted by Crippen LogP contribution is 2.26. The largest absolute Gasteiger partial charge is 0.356 e. The van der Waals surface area contributed by atoms with Crippen molar-refractivity contribution in [2.75, 3.05) is 13.6 Å². The van der Waals surface area contributed by atoms with Crippen molar-refractivity contribution in [3.8, 4) is 0 Å². The lowest BCUT2D eigenvalue weighted by atomic mass is 9.94. The molecule has 1 aromatic carbocycles. The van der Waals surface area contributed by atoms with E-state index in [4.69, 9.17) is 5.10 Å². The minimum Gasteiger partial charge on any atom is -0.356 e. The molecule has 5 heteroatoms. The van der Waals surface area contributed by atoms with Gasteiger partial charge in [-0.2, -0.15) is 5.10 Å². The van der Waals surface area contributed by atoms with E-state index in [1.165, 1.54) is 35.2 Å². The second-order valence-electron chi connectivity index (χ2n) is 8.25. The summed E-state index contributed by atoms with van der Waals surface area (Å²) in [6, 6.07) is 9.64. The number of nitrogens with one attached hydrogen (secondary N) is 2. The molecule has 0 fully saturated rings. The molecule has 0 saturated carbocycles. The van der Waals surface area contributed by atoms with Crippen molar-refractivity contribution >= 4 is 5.96 Å². The van der Waals surface area contributed by atoms with E-state index < -0.39 is 0 Å². The number of guanidine groups is 1. The van der Waals surface area contributed by atoms with E-state index >= 15 is 0 Å². The molecule has 0 spiro atoms. The Labute approximate surface area is 162 Å². The minimum absolute atomic E-state index is 0.403. The fourth-order valence-corrected chi connectivity index (χ4v) is 4.32. The van der Waals surface area contributed by atoms with E-state index in [1.807, 2.05) is 7.05 Å². The number of rotatable bonds is 4. The highest BCUT2D eigenvalue weighted by Gasteiger charge is 2.24. The number of aromatic nitrogens is 2. The molecule has 144 valence electrons. The van der Waals surface area contributed by atoms with Gasteiger partial charge in [0.05, 0.1) is 5.69 Å². The summed E-state index contributed by atoms with van der Waals surface area (Å²) in [5, 5.41) is 12.0. The van der Waals surface area contributed by atoms with Crippen LogP contribution in [0.25, 0.3) is 0 Å². The molecule has 2 aromatic rings. The minimum atomic E-state index is 0.403. The van der Waals surface area contributed by atoms with E-state index in [1.54, 1.807) is 0 Å². The Balaban J connectivity index is 1.30. The maximum absolute atomic E-state index is 4.78. The second-order valence-corrected chi connectivity index (χ2v) is 8.25. The summed E-state index contributed by atoms with van der Waals surface area (Å²) in [5.41, 5.74) is 5.67. The average molecular weight is 366 g/mol. The molecule has 0 aliphatic heterocycles. The summed E-state index contributed by atoms with van der Waals surface area (Å²) in [5.74, 6) is 1.57. The van der Waals surface area contributed by atoms with Gasteiger partial charge in [0.25, 0.3) is 0 Å². The van der Waals surface area contributed by atoms with Crippen LogP contribution in [-0.2, 0) is 25.7 Å². The number of hydrogen-bond donors (Lipinski definition) is 2. The molecule has 27 heavy (non-hydrogen) atoms. The molecule has 0 radical (unpaired) electrons. The summed E-state index contributed by atoms with van der Waals surface area (Å²) in [4.78, 5) is 4.45. The van der Waals surface area contributed by atoms with Gasteiger partial charge in [-0.15, -0.1) is 0 Å². The van der Waals surface area contributed by atoms with E-state index in [0.717, 1.165) is 31.8 Å². The normalized spacial score (nSPS) is 19.9. The summed E-state index contributed by atoms with van der Waals surface area (Å²) >= 11 is 0. The molecule has 0 amide bonds. The van der Waals surface area contributed by atoms with Crippen LogP contribution in [0.2, 0.25) is 0 Å². The maximum Gasteiger partial charge on any atom is 0.191 e. The molecule has 1 aromatic heterocycles. The zero-order valence-electron chi connectivity index (χ0n) is 16.7. The highest BCUT2D eigenvalue weighted by molar-refractivity contribution is 5.80. The average Bonchev–Trinajstić information content (AvgIpc) is 3.28. The molecular formula is C22H31N5. The van der Waals surface area contributed by atoms with Crippen molar-refractivity contribution in [2.24, 2.45) is 10.9 Å². The third kappa shape index (κ3) is 4.02. The van der Waals surface area contributed by atoms with Crippen LogP contribution < -0.4 is 10.6 Å². The van der Waals surface area contributed by atoms with Gasteiger partial charge < -0.3 is 10.6 Å². The van der Waals surface area contributed by atoms with Gasteiger partial charge in [0, 0.05) is 38.3 Å². The summed E-state index contributed by atoms with van der Waals surface area (Å²) in [6.07, 6.45) is 7.76. The third-order valence-electron chi connectivity index (χ3n) is 5.88. The van der Waals surface area contributed by atoms with E-state index in [0.29, 0.717) is 18.0 Å². The maximum atomic E-state index is 4.78. The molecule has 2 N–H and O–H groups in total. The van der Waals surface area contributed by atoms with Gasteiger partial charge in [-0.1, -0.05) is 24.3 Å². The number of nitrogens with zero attached hydrogens (tertiary/aromatic N) is 3. The van der Waals surface area contributed by atoms with Gasteiger partial charge in [0.1, 0.15) is 0 Å². The molecule has 1 unspecified atom stereocenters. The van der Waals surface area contributed by atoms with Crippen LogP contribution in [-0.4, -0.2) is 35.4 Å². The second kappa shape index (κ2) is 7.75. The monoisotopic (exact) mass is 365 g/mol. The molecule has 2 aliphatic carbocycles. The van der Waals surface area contributed by atoms with E-state index in [9.17, 15) is 0 Å². The van der Waals surface area contributed by atoms with Crippen LogP contribution >= 0.6 is 0 Å². The number of hydrogen-bond acceptors (Lipinski definition) is 2. The van der Waals surface area contributed by atoms with Crippen molar-refractivity contribution in [3.63, 3.8) is 0 Å². The fraction of sp³-hybridized carbons (Fsp3) is 0.545. The first-order valence-electron chi connectivity index (χ1n) is 10.2. The quantitative estimate of drug-likeness (QED) is 0.647. The predicted octanol–water partition coefficient (Wildman–Crippen LogP) is 2.90. The Hall–Kier alpha value is -2.30. The Bertz CT molecular complexity index is 795. The van der Waals surface area contributed by atoms with Crippen LogP contribution in [0.1, 0.15) is 48.7 Å². The predicted molar refractivity (Wildman–Crippen MR) is 110 cm³/mol. The molecule has 4 rings (SSSR count). The zero-order valence-corrected chi connectivity index (χ0v) is 16.7. The highest BCUT2D eigenvalue weighted by atomic mass is 15.3. The number of benzene rings is 1. The first-order valence-corrected chi connectivity index (χ1v) is 10.2. The molecule has 5 nitrogen and oxygen atoms in total. The zero-order chi connectivity index (χ0) is 18.8. The van der Waals surface area contributed by atoms with Crippen molar-refractivity contribution in [3.05, 3.63) is 52.8 Å². The van der Waals surface area contributed by atoms with Gasteiger partial charge in [-0.25, -0.2) is 0 Å². The van der Waals surface area contributed by atoms with Crippen LogP contribution in [0.5, 0.6) is 0 Å². The Morgan fingerprint density at radius 2 is 1.93 bits per heavy atom. The summed E-state index contributed by atoms with van der Waals surface area (Å²) in [7, 11) is 1.86. The topological polar surface area (TPSA) is 54.2 Å². The lowest BCUT2D eigenvalue weighted by Gasteiger charge is -2.25. The van der Waals surface area contributed by atoms with Crippen LogP contribution in [0.3, 0.4) is 0 Å². The van der Waals surface area contributed by atoms with Crippen molar-refractivity contribution in [1.29, 1.82) is 0 Å². The van der Waals surface area contributed by atoms with Crippen LogP contribution in [0.15, 0.2) is 35.5 Å². The van der Waals surface area contributed by atoms with Crippen molar-refractivity contribution in [1.82, 2.24) is 20.4 Å². The van der Waals surface area contributed by atoms with Gasteiger partial charge in [-0.05, 0) is 62.1 Å². The third-order valence-corrected chi connectivity index (χ3v) is 5.88. The molecular weight excluding hydrogens is 334 g/mol. The fourth-order valence-electron chi connectivity index (χ4n) is 4.32. The molecule has 2 aliphatic rings. The lowest BCUT2D eigenvalue weighted by molar-refractivity contribution is 0.492. The van der Waals surface area contributed by atoms with E-state index in [2.05, 4.69) is 64.6 Å². The number of fused-ring (bicyclic) bond motifs is 2. The molecule has 0 saturated heterocycles. The van der Waals surface area contributed by atoms with Crippen molar-refractivity contribution in [2.45, 2.75) is 58.0 Å². The van der Waals surface area contributed by atoms with Gasteiger partial charge in [-0.3, -0.25) is 9.67 Å². The molecule has 0 bridgehead atoms. The van der Waals surface area contributed by atoms with Gasteiger partial charge in [0.2, 0.25) is 0 Å². The van der Waals surface area contributed by atoms with Gasteiger partial charge in [0.15, 0.2) is 5.96 Å². The van der Waals surface area contributed by atoms with Crippen LogP contribution in [0, 0.1) is 5.92 Å². The Morgan fingerprint density at radius 3 is 2.59 bits per heavy atom. The summed E-state index contributed by atoms with van der Waals surface area (Å²) in [6.45, 7) is 5.33. The van der Waals surface area contributed by atoms with Crippen LogP contribution in [0.4, 0.5) is 0 Å². The SMILES string of the molecule is CN=C(NCC1Cc2ccccc2C1)NC1CCc2cn(C(C)C)nc2C1. The summed E-state index contributed by atoms with van der Waals surface area (Å²) < 4.78 is 2.10. The first-order chi connectivity index (χ1) is 13.1. The smallest absolute Gasteiger partial charge is 0.191 e. The Morgan fingerprint density at radius 1 is 1.19 bits per heavy atom. The number of aryl methyl sites for hydroxylation is 1. The molecule has 1 atom stereocenters. The first kappa shape index (κ1) is 18.1.